The van der Waals surface area contributed by atoms with Crippen molar-refractivity contribution in [2.75, 3.05) is 5.32 Å². The summed E-state index contributed by atoms with van der Waals surface area (Å²) in [6, 6.07) is 11.8. The van der Waals surface area contributed by atoms with Gasteiger partial charge >= 0.3 is 0 Å². The van der Waals surface area contributed by atoms with Gasteiger partial charge in [-0.3, -0.25) is 4.79 Å². The van der Waals surface area contributed by atoms with Crippen LogP contribution < -0.4 is 5.32 Å². The highest BCUT2D eigenvalue weighted by molar-refractivity contribution is 6.00. The minimum atomic E-state index is 0.0751. The normalized spacial score (nSPS) is 10.3. The second kappa shape index (κ2) is 5.27. The molecular formula is C17H19NO. The lowest BCUT2D eigenvalue weighted by Gasteiger charge is -2.16. The molecular weight excluding hydrogens is 234 g/mol. The smallest absolute Gasteiger partial charge is 0.161 e. The zero-order valence-corrected chi connectivity index (χ0v) is 11.9. The van der Waals surface area contributed by atoms with Gasteiger partial charge in [0.1, 0.15) is 0 Å². The van der Waals surface area contributed by atoms with E-state index in [2.05, 4.69) is 38.2 Å². The summed E-state index contributed by atoms with van der Waals surface area (Å²) >= 11 is 0. The van der Waals surface area contributed by atoms with Crippen LogP contribution >= 0.6 is 0 Å². The van der Waals surface area contributed by atoms with Crippen molar-refractivity contribution in [2.24, 2.45) is 0 Å². The molecule has 0 spiro atoms. The topological polar surface area (TPSA) is 29.1 Å². The molecule has 2 aromatic rings. The van der Waals surface area contributed by atoms with Crippen molar-refractivity contribution in [2.45, 2.75) is 27.7 Å². The fraction of sp³-hybridized carbons (Fsp3) is 0.235. The van der Waals surface area contributed by atoms with Crippen molar-refractivity contribution in [1.29, 1.82) is 0 Å². The van der Waals surface area contributed by atoms with E-state index in [-0.39, 0.29) is 5.78 Å². The van der Waals surface area contributed by atoms with Crippen LogP contribution in [0, 0.1) is 20.8 Å². The van der Waals surface area contributed by atoms with Crippen molar-refractivity contribution >= 4 is 17.2 Å². The van der Waals surface area contributed by atoms with Crippen LogP contribution in [0.3, 0.4) is 0 Å². The van der Waals surface area contributed by atoms with Gasteiger partial charge in [0.2, 0.25) is 0 Å². The Morgan fingerprint density at radius 2 is 1.58 bits per heavy atom. The Hall–Kier alpha value is -2.09. The molecule has 0 fully saturated rings. The fourth-order valence-electron chi connectivity index (χ4n) is 2.18. The monoisotopic (exact) mass is 253 g/mol. The molecule has 2 nitrogen and oxygen atoms in total. The maximum absolute atomic E-state index is 11.7. The Bertz CT molecular complexity index is 629. The average molecular weight is 253 g/mol. The third-order valence-corrected chi connectivity index (χ3v) is 3.51. The minimum Gasteiger partial charge on any atom is -0.354 e. The standard InChI is InChI=1S/C17H19NO/c1-11-9-10-12(2)17(13(11)3)18-16-8-6-5-7-15(16)14(4)19/h5-10,18H,1-4H3. The summed E-state index contributed by atoms with van der Waals surface area (Å²) in [6.07, 6.45) is 0. The van der Waals surface area contributed by atoms with E-state index >= 15 is 0 Å². The number of ketones is 1. The van der Waals surface area contributed by atoms with Gasteiger partial charge < -0.3 is 5.32 Å². The number of carbonyl (C=O) groups is 1. The van der Waals surface area contributed by atoms with Gasteiger partial charge in [-0.05, 0) is 56.5 Å². The van der Waals surface area contributed by atoms with E-state index in [0.29, 0.717) is 0 Å². The van der Waals surface area contributed by atoms with Crippen LogP contribution in [0.25, 0.3) is 0 Å². The molecule has 2 aromatic carbocycles. The van der Waals surface area contributed by atoms with Crippen LogP contribution in [0.1, 0.15) is 34.0 Å². The number of carbonyl (C=O) groups excluding carboxylic acids is 1. The van der Waals surface area contributed by atoms with Crippen molar-refractivity contribution in [3.05, 3.63) is 58.7 Å². The van der Waals surface area contributed by atoms with E-state index in [4.69, 9.17) is 0 Å². The molecule has 0 saturated heterocycles. The van der Waals surface area contributed by atoms with Gasteiger partial charge in [0.15, 0.2) is 5.78 Å². The summed E-state index contributed by atoms with van der Waals surface area (Å²) in [5, 5.41) is 3.41. The first-order valence-electron chi connectivity index (χ1n) is 6.44. The zero-order chi connectivity index (χ0) is 14.0. The molecule has 19 heavy (non-hydrogen) atoms. The summed E-state index contributed by atoms with van der Waals surface area (Å²) in [5.41, 5.74) is 6.33. The van der Waals surface area contributed by atoms with Gasteiger partial charge in [0, 0.05) is 16.9 Å². The van der Waals surface area contributed by atoms with Gasteiger partial charge in [-0.25, -0.2) is 0 Å². The highest BCUT2D eigenvalue weighted by Crippen LogP contribution is 2.28. The number of anilines is 2. The van der Waals surface area contributed by atoms with Gasteiger partial charge in [-0.15, -0.1) is 0 Å². The first-order chi connectivity index (χ1) is 9.00. The van der Waals surface area contributed by atoms with Crippen LogP contribution in [-0.2, 0) is 0 Å². The van der Waals surface area contributed by atoms with Gasteiger partial charge in [0.25, 0.3) is 0 Å². The SMILES string of the molecule is CC(=O)c1ccccc1Nc1c(C)ccc(C)c1C. The highest BCUT2D eigenvalue weighted by Gasteiger charge is 2.10. The predicted octanol–water partition coefficient (Wildman–Crippen LogP) is 4.56. The maximum Gasteiger partial charge on any atom is 0.161 e. The lowest BCUT2D eigenvalue weighted by atomic mass is 10.0. The van der Waals surface area contributed by atoms with Crippen molar-refractivity contribution in [1.82, 2.24) is 0 Å². The van der Waals surface area contributed by atoms with Gasteiger partial charge in [0.05, 0.1) is 0 Å². The Labute approximate surface area is 114 Å². The predicted molar refractivity (Wildman–Crippen MR) is 80.4 cm³/mol. The highest BCUT2D eigenvalue weighted by atomic mass is 16.1. The third-order valence-electron chi connectivity index (χ3n) is 3.51. The van der Waals surface area contributed by atoms with Crippen molar-refractivity contribution in [3.8, 4) is 0 Å². The van der Waals surface area contributed by atoms with Crippen molar-refractivity contribution in [3.63, 3.8) is 0 Å². The number of rotatable bonds is 3. The number of aryl methyl sites for hydroxylation is 2. The van der Waals surface area contributed by atoms with Crippen LogP contribution in [0.15, 0.2) is 36.4 Å². The molecule has 0 radical (unpaired) electrons. The summed E-state index contributed by atoms with van der Waals surface area (Å²) in [7, 11) is 0. The number of hydrogen-bond donors (Lipinski definition) is 1. The summed E-state index contributed by atoms with van der Waals surface area (Å²) in [6.45, 7) is 7.86. The molecule has 0 heterocycles. The molecule has 0 saturated carbocycles. The number of nitrogens with one attached hydrogen (secondary N) is 1. The molecule has 0 atom stereocenters. The first kappa shape index (κ1) is 13.3. The number of para-hydroxylation sites is 1. The second-order valence-corrected chi connectivity index (χ2v) is 4.93. The van der Waals surface area contributed by atoms with E-state index in [0.717, 1.165) is 16.9 Å². The Morgan fingerprint density at radius 1 is 0.947 bits per heavy atom. The summed E-state index contributed by atoms with van der Waals surface area (Å²) < 4.78 is 0. The molecule has 0 amide bonds. The Morgan fingerprint density at radius 3 is 2.26 bits per heavy atom. The molecule has 0 aliphatic rings. The molecule has 0 bridgehead atoms. The zero-order valence-electron chi connectivity index (χ0n) is 11.9. The number of hydrogen-bond acceptors (Lipinski definition) is 2. The molecule has 0 aromatic heterocycles. The van der Waals surface area contributed by atoms with E-state index in [1.54, 1.807) is 6.92 Å². The van der Waals surface area contributed by atoms with Crippen LogP contribution in [0.2, 0.25) is 0 Å². The van der Waals surface area contributed by atoms with E-state index in [1.807, 2.05) is 24.3 Å². The van der Waals surface area contributed by atoms with E-state index in [1.165, 1.54) is 16.7 Å². The molecule has 0 unspecified atom stereocenters. The number of Topliss-reactive ketones (excluding diaryl/α,β-unsaturated/α-hetero) is 1. The third kappa shape index (κ3) is 2.68. The summed E-state index contributed by atoms with van der Waals surface area (Å²) in [4.78, 5) is 11.7. The molecule has 2 rings (SSSR count). The largest absolute Gasteiger partial charge is 0.354 e. The average Bonchev–Trinajstić information content (AvgIpc) is 2.39. The van der Waals surface area contributed by atoms with Gasteiger partial charge in [-0.1, -0.05) is 24.3 Å². The summed E-state index contributed by atoms with van der Waals surface area (Å²) in [5.74, 6) is 0.0751. The maximum atomic E-state index is 11.7. The Balaban J connectivity index is 2.48. The quantitative estimate of drug-likeness (QED) is 0.812. The molecule has 0 aliphatic carbocycles. The van der Waals surface area contributed by atoms with E-state index in [9.17, 15) is 4.79 Å². The second-order valence-electron chi connectivity index (χ2n) is 4.93. The molecule has 1 N–H and O–H groups in total. The van der Waals surface area contributed by atoms with Crippen LogP contribution in [0.5, 0.6) is 0 Å². The van der Waals surface area contributed by atoms with E-state index < -0.39 is 0 Å². The molecule has 98 valence electrons. The lowest BCUT2D eigenvalue weighted by Crippen LogP contribution is -2.03. The molecule has 2 heteroatoms. The number of benzene rings is 2. The van der Waals surface area contributed by atoms with Crippen LogP contribution in [0.4, 0.5) is 11.4 Å². The Kier molecular flexibility index (Phi) is 3.70. The van der Waals surface area contributed by atoms with Crippen LogP contribution in [-0.4, -0.2) is 5.78 Å². The molecule has 0 aliphatic heterocycles. The van der Waals surface area contributed by atoms with Gasteiger partial charge in [-0.2, -0.15) is 0 Å². The van der Waals surface area contributed by atoms with Crippen molar-refractivity contribution < 1.29 is 4.79 Å². The fourth-order valence-corrected chi connectivity index (χ4v) is 2.18. The lowest BCUT2D eigenvalue weighted by molar-refractivity contribution is 0.101. The minimum absolute atomic E-state index is 0.0751. The first-order valence-corrected chi connectivity index (χ1v) is 6.44.